The SMILES string of the molecule is CCC(=O)NCC(CN1CCOCC1)c1cccc2ccc(OC)cc12. The lowest BCUT2D eigenvalue weighted by Crippen LogP contribution is -2.41. The van der Waals surface area contributed by atoms with Crippen LogP contribution in [0, 0.1) is 0 Å². The van der Waals surface area contributed by atoms with Gasteiger partial charge >= 0.3 is 0 Å². The number of fused-ring (bicyclic) bond motifs is 1. The summed E-state index contributed by atoms with van der Waals surface area (Å²) in [6.07, 6.45) is 0.508. The molecule has 2 aromatic rings. The third-order valence-electron chi connectivity index (χ3n) is 5.01. The van der Waals surface area contributed by atoms with E-state index in [4.69, 9.17) is 9.47 Å². The number of benzene rings is 2. The molecule has 0 radical (unpaired) electrons. The summed E-state index contributed by atoms with van der Waals surface area (Å²) in [7, 11) is 1.69. The number of hydrogen-bond donors (Lipinski definition) is 1. The molecular formula is C21H28N2O3. The Morgan fingerprint density at radius 1 is 1.27 bits per heavy atom. The average molecular weight is 356 g/mol. The fraction of sp³-hybridized carbons (Fsp3) is 0.476. The third kappa shape index (κ3) is 4.54. The quantitative estimate of drug-likeness (QED) is 0.829. The number of amides is 1. The number of carbonyl (C=O) groups is 1. The first kappa shape index (κ1) is 18.7. The minimum Gasteiger partial charge on any atom is -0.497 e. The Morgan fingerprint density at radius 2 is 2.08 bits per heavy atom. The molecule has 1 heterocycles. The Balaban J connectivity index is 1.91. The van der Waals surface area contributed by atoms with Gasteiger partial charge in [-0.05, 0) is 28.5 Å². The monoisotopic (exact) mass is 356 g/mol. The summed E-state index contributed by atoms with van der Waals surface area (Å²) < 4.78 is 10.9. The lowest BCUT2D eigenvalue weighted by Gasteiger charge is -2.31. The van der Waals surface area contributed by atoms with E-state index in [1.54, 1.807) is 7.11 Å². The fourth-order valence-corrected chi connectivity index (χ4v) is 3.49. The van der Waals surface area contributed by atoms with E-state index in [9.17, 15) is 4.79 Å². The molecule has 0 spiro atoms. The highest BCUT2D eigenvalue weighted by atomic mass is 16.5. The van der Waals surface area contributed by atoms with Gasteiger partial charge in [-0.3, -0.25) is 9.69 Å². The van der Waals surface area contributed by atoms with E-state index >= 15 is 0 Å². The summed E-state index contributed by atoms with van der Waals surface area (Å²) in [5.41, 5.74) is 1.25. The fourth-order valence-electron chi connectivity index (χ4n) is 3.49. The summed E-state index contributed by atoms with van der Waals surface area (Å²) in [4.78, 5) is 14.3. The molecule has 1 atom stereocenters. The van der Waals surface area contributed by atoms with Crippen molar-refractivity contribution in [3.63, 3.8) is 0 Å². The highest BCUT2D eigenvalue weighted by Crippen LogP contribution is 2.29. The zero-order chi connectivity index (χ0) is 18.4. The van der Waals surface area contributed by atoms with Crippen LogP contribution in [-0.4, -0.2) is 57.3 Å². The van der Waals surface area contributed by atoms with Crippen LogP contribution in [0.25, 0.3) is 10.8 Å². The number of nitrogens with one attached hydrogen (secondary N) is 1. The molecule has 1 unspecified atom stereocenters. The molecule has 1 amide bonds. The molecule has 5 nitrogen and oxygen atoms in total. The Morgan fingerprint density at radius 3 is 2.81 bits per heavy atom. The maximum absolute atomic E-state index is 11.8. The number of rotatable bonds is 7. The standard InChI is InChI=1S/C21H28N2O3/c1-3-21(24)22-14-17(15-23-9-11-26-12-10-23)19-6-4-5-16-7-8-18(25-2)13-20(16)19/h4-8,13,17H,3,9-12,14-15H2,1-2H3,(H,22,24). The summed E-state index contributed by atoms with van der Waals surface area (Å²) in [6, 6.07) is 12.6. The molecule has 1 fully saturated rings. The molecule has 1 N–H and O–H groups in total. The zero-order valence-electron chi connectivity index (χ0n) is 15.7. The maximum Gasteiger partial charge on any atom is 0.219 e. The molecule has 1 aliphatic heterocycles. The van der Waals surface area contributed by atoms with Crippen molar-refractivity contribution in [2.24, 2.45) is 0 Å². The number of methoxy groups -OCH3 is 1. The average Bonchev–Trinajstić information content (AvgIpc) is 2.70. The normalized spacial score (nSPS) is 16.4. The molecule has 26 heavy (non-hydrogen) atoms. The van der Waals surface area contributed by atoms with Gasteiger partial charge in [0, 0.05) is 38.5 Å². The van der Waals surface area contributed by atoms with Gasteiger partial charge in [-0.2, -0.15) is 0 Å². The highest BCUT2D eigenvalue weighted by molar-refractivity contribution is 5.87. The van der Waals surface area contributed by atoms with E-state index in [0.717, 1.165) is 38.6 Å². The zero-order valence-corrected chi connectivity index (χ0v) is 15.7. The maximum atomic E-state index is 11.8. The van der Waals surface area contributed by atoms with Crippen LogP contribution >= 0.6 is 0 Å². The van der Waals surface area contributed by atoms with E-state index in [-0.39, 0.29) is 11.8 Å². The van der Waals surface area contributed by atoms with Crippen molar-refractivity contribution < 1.29 is 14.3 Å². The lowest BCUT2D eigenvalue weighted by molar-refractivity contribution is -0.120. The summed E-state index contributed by atoms with van der Waals surface area (Å²) in [6.45, 7) is 6.85. The van der Waals surface area contributed by atoms with Gasteiger partial charge in [-0.15, -0.1) is 0 Å². The molecule has 0 aliphatic carbocycles. The summed E-state index contributed by atoms with van der Waals surface area (Å²) in [5, 5.41) is 5.47. The molecular weight excluding hydrogens is 328 g/mol. The molecule has 3 rings (SSSR count). The van der Waals surface area contributed by atoms with E-state index in [0.29, 0.717) is 13.0 Å². The number of ether oxygens (including phenoxy) is 2. The minimum atomic E-state index is 0.0924. The molecule has 140 valence electrons. The third-order valence-corrected chi connectivity index (χ3v) is 5.01. The van der Waals surface area contributed by atoms with Gasteiger partial charge in [-0.1, -0.05) is 31.2 Å². The van der Waals surface area contributed by atoms with E-state index in [1.165, 1.54) is 16.3 Å². The van der Waals surface area contributed by atoms with Gasteiger partial charge in [0.2, 0.25) is 5.91 Å². The van der Waals surface area contributed by atoms with Crippen molar-refractivity contribution in [3.05, 3.63) is 42.0 Å². The molecule has 0 bridgehead atoms. The molecule has 0 aromatic heterocycles. The minimum absolute atomic E-state index is 0.0924. The second-order valence-electron chi connectivity index (χ2n) is 6.70. The van der Waals surface area contributed by atoms with Gasteiger partial charge in [0.1, 0.15) is 5.75 Å². The lowest BCUT2D eigenvalue weighted by atomic mass is 9.92. The van der Waals surface area contributed by atoms with E-state index in [2.05, 4.69) is 40.5 Å². The van der Waals surface area contributed by atoms with Crippen molar-refractivity contribution in [2.75, 3.05) is 46.5 Å². The molecule has 1 aliphatic rings. The second kappa shape index (κ2) is 9.01. The van der Waals surface area contributed by atoms with Crippen LogP contribution in [0.2, 0.25) is 0 Å². The van der Waals surface area contributed by atoms with Gasteiger partial charge in [-0.25, -0.2) is 0 Å². The molecule has 0 saturated carbocycles. The van der Waals surface area contributed by atoms with Crippen LogP contribution in [0.4, 0.5) is 0 Å². The van der Waals surface area contributed by atoms with Gasteiger partial charge in [0.05, 0.1) is 20.3 Å². The highest BCUT2D eigenvalue weighted by Gasteiger charge is 2.21. The predicted molar refractivity (Wildman–Crippen MR) is 104 cm³/mol. The van der Waals surface area contributed by atoms with Crippen LogP contribution in [0.1, 0.15) is 24.8 Å². The second-order valence-corrected chi connectivity index (χ2v) is 6.70. The van der Waals surface area contributed by atoms with Crippen molar-refractivity contribution in [3.8, 4) is 5.75 Å². The first-order valence-electron chi connectivity index (χ1n) is 9.34. The Hall–Kier alpha value is -2.11. The van der Waals surface area contributed by atoms with Crippen LogP contribution in [0.5, 0.6) is 5.75 Å². The summed E-state index contributed by atoms with van der Waals surface area (Å²) >= 11 is 0. The topological polar surface area (TPSA) is 50.8 Å². The number of morpholine rings is 1. The number of carbonyl (C=O) groups excluding carboxylic acids is 1. The Kier molecular flexibility index (Phi) is 6.47. The van der Waals surface area contributed by atoms with Crippen molar-refractivity contribution in [2.45, 2.75) is 19.3 Å². The van der Waals surface area contributed by atoms with Gasteiger partial charge < -0.3 is 14.8 Å². The van der Waals surface area contributed by atoms with Crippen LogP contribution in [-0.2, 0) is 9.53 Å². The molecule has 1 saturated heterocycles. The molecule has 5 heteroatoms. The van der Waals surface area contributed by atoms with Crippen molar-refractivity contribution in [1.29, 1.82) is 0 Å². The smallest absolute Gasteiger partial charge is 0.219 e. The first-order chi connectivity index (χ1) is 12.7. The van der Waals surface area contributed by atoms with E-state index in [1.807, 2.05) is 13.0 Å². The van der Waals surface area contributed by atoms with Crippen LogP contribution in [0.3, 0.4) is 0 Å². The van der Waals surface area contributed by atoms with Gasteiger partial charge in [0.15, 0.2) is 0 Å². The van der Waals surface area contributed by atoms with Crippen molar-refractivity contribution >= 4 is 16.7 Å². The predicted octanol–water partition coefficient (Wildman–Crippen LogP) is 2.79. The van der Waals surface area contributed by atoms with E-state index < -0.39 is 0 Å². The molecule has 2 aromatic carbocycles. The number of nitrogens with zero attached hydrogens (tertiary/aromatic N) is 1. The Bertz CT molecular complexity index is 741. The van der Waals surface area contributed by atoms with Gasteiger partial charge in [0.25, 0.3) is 0 Å². The Labute approximate surface area is 155 Å². The number of hydrogen-bond acceptors (Lipinski definition) is 4. The van der Waals surface area contributed by atoms with Crippen molar-refractivity contribution in [1.82, 2.24) is 10.2 Å². The largest absolute Gasteiger partial charge is 0.497 e. The van der Waals surface area contributed by atoms with Crippen LogP contribution in [0.15, 0.2) is 36.4 Å². The summed E-state index contributed by atoms with van der Waals surface area (Å²) in [5.74, 6) is 1.17. The first-order valence-corrected chi connectivity index (χ1v) is 9.34. The van der Waals surface area contributed by atoms with Crippen LogP contribution < -0.4 is 10.1 Å².